The molecule has 0 saturated heterocycles. The van der Waals surface area contributed by atoms with Gasteiger partial charge >= 0.3 is 0 Å². The van der Waals surface area contributed by atoms with Gasteiger partial charge in [0.25, 0.3) is 0 Å². The highest BCUT2D eigenvalue weighted by Crippen LogP contribution is 1.91. The Bertz CT molecular complexity index is 135. The summed E-state index contributed by atoms with van der Waals surface area (Å²) >= 11 is 0. The van der Waals surface area contributed by atoms with Gasteiger partial charge in [-0.25, -0.2) is 4.39 Å². The minimum absolute atomic E-state index is 0.122. The van der Waals surface area contributed by atoms with Crippen LogP contribution in [0.1, 0.15) is 13.3 Å². The van der Waals surface area contributed by atoms with Crippen LogP contribution >= 0.6 is 0 Å². The molecule has 0 aliphatic rings. The number of hydrogen-bond donors (Lipinski definition) is 2. The van der Waals surface area contributed by atoms with Crippen molar-refractivity contribution in [2.24, 2.45) is 10.9 Å². The van der Waals surface area contributed by atoms with Crippen molar-refractivity contribution in [2.45, 2.75) is 13.3 Å². The zero-order valence-corrected chi connectivity index (χ0v) is 7.33. The Kier molecular flexibility index (Phi) is 6.37. The molecule has 0 spiro atoms. The second-order valence-corrected chi connectivity index (χ2v) is 2.56. The van der Waals surface area contributed by atoms with Crippen LogP contribution in [-0.2, 0) is 0 Å². The van der Waals surface area contributed by atoms with Crippen LogP contribution in [0, 0.1) is 0 Å². The first-order chi connectivity index (χ1) is 5.74. The van der Waals surface area contributed by atoms with E-state index in [1.165, 1.54) is 0 Å². The molecular weight excluding hydrogens is 161 g/mol. The van der Waals surface area contributed by atoms with E-state index in [-0.39, 0.29) is 5.84 Å². The van der Waals surface area contributed by atoms with Crippen molar-refractivity contribution in [3.8, 4) is 0 Å². The summed E-state index contributed by atoms with van der Waals surface area (Å²) in [6.07, 6.45) is 0.929. The van der Waals surface area contributed by atoms with Gasteiger partial charge in [-0.1, -0.05) is 12.1 Å². The Morgan fingerprint density at radius 1 is 1.58 bits per heavy atom. The molecule has 0 aliphatic heterocycles. The molecule has 0 aromatic rings. The van der Waals surface area contributed by atoms with Crippen LogP contribution in [0.4, 0.5) is 4.39 Å². The summed E-state index contributed by atoms with van der Waals surface area (Å²) in [5.41, 5.74) is 5.27. The zero-order chi connectivity index (χ0) is 9.40. The Labute approximate surface area is 71.8 Å². The third-order valence-electron chi connectivity index (χ3n) is 1.45. The molecule has 5 heteroatoms. The summed E-state index contributed by atoms with van der Waals surface area (Å²) in [5, 5.41) is 11.1. The molecule has 12 heavy (non-hydrogen) atoms. The highest BCUT2D eigenvalue weighted by molar-refractivity contribution is 5.81. The van der Waals surface area contributed by atoms with Crippen LogP contribution in [0.2, 0.25) is 0 Å². The quantitative estimate of drug-likeness (QED) is 0.267. The molecule has 72 valence electrons. The summed E-state index contributed by atoms with van der Waals surface area (Å²) in [4.78, 5) is 1.80. The highest BCUT2D eigenvalue weighted by atomic mass is 19.1. The fourth-order valence-corrected chi connectivity index (χ4v) is 0.966. The Balaban J connectivity index is 3.77. The smallest absolute Gasteiger partial charge is 0.153 e. The summed E-state index contributed by atoms with van der Waals surface area (Å²) in [6, 6.07) is 0. The molecule has 0 atom stereocenters. The summed E-state index contributed by atoms with van der Waals surface area (Å²) in [6.45, 7) is 3.02. The van der Waals surface area contributed by atoms with Gasteiger partial charge in [0.2, 0.25) is 0 Å². The number of rotatable bonds is 6. The Hall–Kier alpha value is -0.840. The Morgan fingerprint density at radius 3 is 2.67 bits per heavy atom. The average molecular weight is 177 g/mol. The van der Waals surface area contributed by atoms with Crippen LogP contribution in [-0.4, -0.2) is 42.3 Å². The van der Waals surface area contributed by atoms with Crippen molar-refractivity contribution in [2.75, 3.05) is 26.3 Å². The molecule has 3 N–H and O–H groups in total. The number of alkyl halides is 1. The van der Waals surface area contributed by atoms with Crippen LogP contribution < -0.4 is 5.73 Å². The number of amidine groups is 1. The first-order valence-corrected chi connectivity index (χ1v) is 3.99. The molecular formula is C7H16FN3O. The van der Waals surface area contributed by atoms with E-state index in [4.69, 9.17) is 10.9 Å². The number of halogens is 1. The molecule has 4 nitrogen and oxygen atoms in total. The third kappa shape index (κ3) is 4.90. The van der Waals surface area contributed by atoms with Gasteiger partial charge in [0.1, 0.15) is 6.67 Å². The van der Waals surface area contributed by atoms with Gasteiger partial charge in [-0.2, -0.15) is 0 Å². The van der Waals surface area contributed by atoms with E-state index in [0.717, 1.165) is 13.0 Å². The summed E-state index contributed by atoms with van der Waals surface area (Å²) < 4.78 is 11.9. The lowest BCUT2D eigenvalue weighted by atomic mass is 10.4. The predicted octanol–water partition coefficient (Wildman–Crippen LogP) is 0.414. The number of nitrogens with two attached hydrogens (primary N) is 1. The molecule has 0 bridgehead atoms. The maximum absolute atomic E-state index is 11.9. The summed E-state index contributed by atoms with van der Waals surface area (Å²) in [7, 11) is 0. The first-order valence-electron chi connectivity index (χ1n) is 3.99. The maximum atomic E-state index is 11.9. The van der Waals surface area contributed by atoms with Crippen molar-refractivity contribution in [3.63, 3.8) is 0 Å². The van der Waals surface area contributed by atoms with Gasteiger partial charge in [-0.3, -0.25) is 4.90 Å². The third-order valence-corrected chi connectivity index (χ3v) is 1.45. The standard InChI is InChI=1S/C7H16FN3O/c1-2-4-11(5-3-8)6-7(9)10-12/h12H,2-6H2,1H3,(H2,9,10). The second-order valence-electron chi connectivity index (χ2n) is 2.56. The normalized spacial score (nSPS) is 12.4. The lowest BCUT2D eigenvalue weighted by Crippen LogP contribution is -2.35. The lowest BCUT2D eigenvalue weighted by Gasteiger charge is -2.18. The second kappa shape index (κ2) is 6.84. The molecule has 0 unspecified atom stereocenters. The van der Waals surface area contributed by atoms with Gasteiger partial charge in [-0.15, -0.1) is 0 Å². The van der Waals surface area contributed by atoms with Crippen molar-refractivity contribution in [1.82, 2.24) is 4.90 Å². The molecule has 0 aliphatic carbocycles. The summed E-state index contributed by atoms with van der Waals surface area (Å²) in [5.74, 6) is 0.122. The molecule has 0 radical (unpaired) electrons. The number of nitrogens with zero attached hydrogens (tertiary/aromatic N) is 2. The van der Waals surface area contributed by atoms with Gasteiger partial charge < -0.3 is 10.9 Å². The van der Waals surface area contributed by atoms with Crippen LogP contribution in [0.3, 0.4) is 0 Å². The Morgan fingerprint density at radius 2 is 2.25 bits per heavy atom. The SMILES string of the molecule is CCCN(CCF)CC(N)=NO. The van der Waals surface area contributed by atoms with E-state index in [1.807, 2.05) is 6.92 Å². The molecule has 0 amide bonds. The molecule has 0 fully saturated rings. The molecule has 0 saturated carbocycles. The van der Waals surface area contributed by atoms with Crippen LogP contribution in [0.5, 0.6) is 0 Å². The molecule has 0 aromatic carbocycles. The van der Waals surface area contributed by atoms with E-state index in [0.29, 0.717) is 13.1 Å². The van der Waals surface area contributed by atoms with Crippen molar-refractivity contribution in [1.29, 1.82) is 0 Å². The van der Waals surface area contributed by atoms with E-state index >= 15 is 0 Å². The van der Waals surface area contributed by atoms with Crippen molar-refractivity contribution < 1.29 is 9.60 Å². The fraction of sp³-hybridized carbons (Fsp3) is 0.857. The van der Waals surface area contributed by atoms with Crippen molar-refractivity contribution >= 4 is 5.84 Å². The van der Waals surface area contributed by atoms with E-state index in [9.17, 15) is 4.39 Å². The lowest BCUT2D eigenvalue weighted by molar-refractivity contribution is 0.269. The minimum atomic E-state index is -0.404. The van der Waals surface area contributed by atoms with E-state index in [2.05, 4.69) is 5.16 Å². The highest BCUT2D eigenvalue weighted by Gasteiger charge is 2.05. The average Bonchev–Trinajstić information content (AvgIpc) is 2.05. The zero-order valence-electron chi connectivity index (χ0n) is 7.33. The largest absolute Gasteiger partial charge is 0.409 e. The van der Waals surface area contributed by atoms with E-state index in [1.54, 1.807) is 4.90 Å². The van der Waals surface area contributed by atoms with Gasteiger partial charge in [0.05, 0.1) is 6.54 Å². The van der Waals surface area contributed by atoms with Gasteiger partial charge in [0, 0.05) is 6.54 Å². The maximum Gasteiger partial charge on any atom is 0.153 e. The van der Waals surface area contributed by atoms with E-state index < -0.39 is 6.67 Å². The molecule has 0 rings (SSSR count). The van der Waals surface area contributed by atoms with Gasteiger partial charge in [0.15, 0.2) is 5.84 Å². The first kappa shape index (κ1) is 11.2. The fourth-order valence-electron chi connectivity index (χ4n) is 0.966. The number of oxime groups is 1. The predicted molar refractivity (Wildman–Crippen MR) is 46.1 cm³/mol. The van der Waals surface area contributed by atoms with Crippen LogP contribution in [0.15, 0.2) is 5.16 Å². The van der Waals surface area contributed by atoms with Crippen LogP contribution in [0.25, 0.3) is 0 Å². The monoisotopic (exact) mass is 177 g/mol. The topological polar surface area (TPSA) is 61.8 Å². The molecule has 0 aromatic heterocycles. The van der Waals surface area contributed by atoms with Gasteiger partial charge in [-0.05, 0) is 13.0 Å². The minimum Gasteiger partial charge on any atom is -0.409 e. The number of hydrogen-bond acceptors (Lipinski definition) is 3. The molecule has 0 heterocycles. The van der Waals surface area contributed by atoms with Crippen molar-refractivity contribution in [3.05, 3.63) is 0 Å².